The fourth-order valence-corrected chi connectivity index (χ4v) is 3.24. The van der Waals surface area contributed by atoms with Gasteiger partial charge in [0.15, 0.2) is 0 Å². The zero-order chi connectivity index (χ0) is 14.5. The van der Waals surface area contributed by atoms with Crippen LogP contribution in [0, 0.1) is 13.8 Å². The molecule has 0 aliphatic carbocycles. The summed E-state index contributed by atoms with van der Waals surface area (Å²) in [5.74, 6) is 0. The highest BCUT2D eigenvalue weighted by Gasteiger charge is 2.18. The standard InChI is InChI=1S/C16H29N3O/c1-5-19-14(4)16(13(3)18-19)12(2)17-10-9-15-8-6-7-11-20-15/h12,15,17H,5-11H2,1-4H3. The smallest absolute Gasteiger partial charge is 0.0644 e. The second-order valence-electron chi connectivity index (χ2n) is 5.85. The molecule has 1 aromatic rings. The fourth-order valence-electron chi connectivity index (χ4n) is 3.24. The van der Waals surface area contributed by atoms with Crippen LogP contribution in [-0.2, 0) is 11.3 Å². The summed E-state index contributed by atoms with van der Waals surface area (Å²) in [7, 11) is 0. The molecular weight excluding hydrogens is 250 g/mol. The second-order valence-corrected chi connectivity index (χ2v) is 5.85. The summed E-state index contributed by atoms with van der Waals surface area (Å²) in [5, 5.41) is 8.23. The predicted octanol–water partition coefficient (Wildman–Crippen LogP) is 3.13. The van der Waals surface area contributed by atoms with Gasteiger partial charge in [0.1, 0.15) is 0 Å². The van der Waals surface area contributed by atoms with Gasteiger partial charge in [0.05, 0.1) is 11.8 Å². The van der Waals surface area contributed by atoms with Gasteiger partial charge in [-0.2, -0.15) is 5.10 Å². The average Bonchev–Trinajstić information content (AvgIpc) is 2.74. The molecule has 0 spiro atoms. The molecule has 0 amide bonds. The van der Waals surface area contributed by atoms with Crippen molar-refractivity contribution in [3.63, 3.8) is 0 Å². The first kappa shape index (κ1) is 15.5. The van der Waals surface area contributed by atoms with Crippen molar-refractivity contribution in [3.05, 3.63) is 17.0 Å². The van der Waals surface area contributed by atoms with E-state index in [-0.39, 0.29) is 0 Å². The lowest BCUT2D eigenvalue weighted by atomic mass is 10.0. The van der Waals surface area contributed by atoms with Gasteiger partial charge in [-0.25, -0.2) is 0 Å². The lowest BCUT2D eigenvalue weighted by molar-refractivity contribution is 0.0112. The van der Waals surface area contributed by atoms with E-state index in [1.165, 1.54) is 30.5 Å². The molecule has 0 bridgehead atoms. The average molecular weight is 279 g/mol. The Labute approximate surface area is 122 Å². The Hall–Kier alpha value is -0.870. The summed E-state index contributed by atoms with van der Waals surface area (Å²) < 4.78 is 7.87. The van der Waals surface area contributed by atoms with Crippen LogP contribution in [0.3, 0.4) is 0 Å². The van der Waals surface area contributed by atoms with E-state index in [0.717, 1.165) is 31.8 Å². The molecule has 0 radical (unpaired) electrons. The minimum Gasteiger partial charge on any atom is -0.378 e. The number of rotatable bonds is 6. The van der Waals surface area contributed by atoms with Gasteiger partial charge in [-0.3, -0.25) is 4.68 Å². The van der Waals surface area contributed by atoms with Gasteiger partial charge >= 0.3 is 0 Å². The number of nitrogens with one attached hydrogen (secondary N) is 1. The number of hydrogen-bond donors (Lipinski definition) is 1. The van der Waals surface area contributed by atoms with Crippen LogP contribution >= 0.6 is 0 Å². The summed E-state index contributed by atoms with van der Waals surface area (Å²) in [6.07, 6.45) is 5.35. The summed E-state index contributed by atoms with van der Waals surface area (Å²) in [6.45, 7) is 11.6. The molecule has 2 unspecified atom stereocenters. The van der Waals surface area contributed by atoms with Crippen LogP contribution in [0.15, 0.2) is 0 Å². The predicted molar refractivity (Wildman–Crippen MR) is 82.0 cm³/mol. The number of nitrogens with zero attached hydrogens (tertiary/aromatic N) is 2. The van der Waals surface area contributed by atoms with E-state index < -0.39 is 0 Å². The Bertz CT molecular complexity index is 422. The third-order valence-electron chi connectivity index (χ3n) is 4.36. The highest BCUT2D eigenvalue weighted by molar-refractivity contribution is 5.27. The minimum atomic E-state index is 0.360. The molecule has 0 aromatic carbocycles. The zero-order valence-electron chi connectivity index (χ0n) is 13.4. The van der Waals surface area contributed by atoms with Gasteiger partial charge in [0.2, 0.25) is 0 Å². The first-order valence-corrected chi connectivity index (χ1v) is 8.02. The number of ether oxygens (including phenoxy) is 1. The van der Waals surface area contributed by atoms with Crippen molar-refractivity contribution in [3.8, 4) is 0 Å². The highest BCUT2D eigenvalue weighted by Crippen LogP contribution is 2.22. The maximum atomic E-state index is 5.78. The third-order valence-corrected chi connectivity index (χ3v) is 4.36. The second kappa shape index (κ2) is 7.23. The number of hydrogen-bond acceptors (Lipinski definition) is 3. The first-order chi connectivity index (χ1) is 9.63. The summed E-state index contributed by atoms with van der Waals surface area (Å²) >= 11 is 0. The summed E-state index contributed by atoms with van der Waals surface area (Å²) in [6, 6.07) is 0.360. The van der Waals surface area contributed by atoms with Gasteiger partial charge in [-0.1, -0.05) is 0 Å². The Balaban J connectivity index is 1.85. The van der Waals surface area contributed by atoms with Crippen LogP contribution < -0.4 is 5.32 Å². The lowest BCUT2D eigenvalue weighted by Crippen LogP contribution is -2.27. The van der Waals surface area contributed by atoms with Gasteiger partial charge in [0, 0.05) is 30.5 Å². The monoisotopic (exact) mass is 279 g/mol. The molecule has 4 nitrogen and oxygen atoms in total. The van der Waals surface area contributed by atoms with E-state index in [2.05, 4.69) is 42.8 Å². The van der Waals surface area contributed by atoms with Gasteiger partial charge < -0.3 is 10.1 Å². The highest BCUT2D eigenvalue weighted by atomic mass is 16.5. The SMILES string of the molecule is CCn1nc(C)c(C(C)NCCC2CCCCO2)c1C. The maximum Gasteiger partial charge on any atom is 0.0644 e. The molecule has 2 atom stereocenters. The molecular formula is C16H29N3O. The molecule has 1 aliphatic heterocycles. The number of aryl methyl sites for hydroxylation is 2. The molecule has 0 saturated carbocycles. The summed E-state index contributed by atoms with van der Waals surface area (Å²) in [5.41, 5.74) is 3.80. The zero-order valence-corrected chi connectivity index (χ0v) is 13.4. The molecule has 20 heavy (non-hydrogen) atoms. The molecule has 1 N–H and O–H groups in total. The van der Waals surface area contributed by atoms with Crippen molar-refractivity contribution in [2.45, 2.75) is 72.1 Å². The van der Waals surface area contributed by atoms with E-state index in [1.807, 2.05) is 0 Å². The topological polar surface area (TPSA) is 39.1 Å². The molecule has 1 fully saturated rings. The Morgan fingerprint density at radius 2 is 2.20 bits per heavy atom. The quantitative estimate of drug-likeness (QED) is 0.869. The van der Waals surface area contributed by atoms with Crippen molar-refractivity contribution in [2.24, 2.45) is 0 Å². The van der Waals surface area contributed by atoms with Crippen LogP contribution in [0.5, 0.6) is 0 Å². The number of aromatic nitrogens is 2. The van der Waals surface area contributed by atoms with Gasteiger partial charge in [0.25, 0.3) is 0 Å². The van der Waals surface area contributed by atoms with Gasteiger partial charge in [-0.15, -0.1) is 0 Å². The molecule has 1 saturated heterocycles. The summed E-state index contributed by atoms with van der Waals surface area (Å²) in [4.78, 5) is 0. The van der Waals surface area contributed by atoms with Crippen molar-refractivity contribution >= 4 is 0 Å². The van der Waals surface area contributed by atoms with Crippen molar-refractivity contribution < 1.29 is 4.74 Å². The lowest BCUT2D eigenvalue weighted by Gasteiger charge is -2.23. The molecule has 2 heterocycles. The molecule has 114 valence electrons. The van der Waals surface area contributed by atoms with Crippen LogP contribution in [0.25, 0.3) is 0 Å². The van der Waals surface area contributed by atoms with E-state index in [9.17, 15) is 0 Å². The van der Waals surface area contributed by atoms with Crippen molar-refractivity contribution in [1.82, 2.24) is 15.1 Å². The van der Waals surface area contributed by atoms with Crippen LogP contribution in [0.1, 0.15) is 62.5 Å². The normalized spacial score (nSPS) is 21.1. The molecule has 1 aromatic heterocycles. The van der Waals surface area contributed by atoms with Gasteiger partial charge in [-0.05, 0) is 59.9 Å². The maximum absolute atomic E-state index is 5.78. The van der Waals surface area contributed by atoms with Crippen LogP contribution in [-0.4, -0.2) is 29.0 Å². The van der Waals surface area contributed by atoms with Crippen LogP contribution in [0.2, 0.25) is 0 Å². The molecule has 2 rings (SSSR count). The van der Waals surface area contributed by atoms with Crippen molar-refractivity contribution in [2.75, 3.05) is 13.2 Å². The van der Waals surface area contributed by atoms with E-state index in [1.54, 1.807) is 0 Å². The molecule has 1 aliphatic rings. The Kier molecular flexibility index (Phi) is 5.61. The van der Waals surface area contributed by atoms with E-state index in [0.29, 0.717) is 12.1 Å². The van der Waals surface area contributed by atoms with E-state index in [4.69, 9.17) is 4.74 Å². The van der Waals surface area contributed by atoms with E-state index >= 15 is 0 Å². The minimum absolute atomic E-state index is 0.360. The Morgan fingerprint density at radius 3 is 2.80 bits per heavy atom. The molecule has 4 heteroatoms. The Morgan fingerprint density at radius 1 is 1.40 bits per heavy atom. The van der Waals surface area contributed by atoms with Crippen molar-refractivity contribution in [1.29, 1.82) is 0 Å². The first-order valence-electron chi connectivity index (χ1n) is 8.02. The fraction of sp³-hybridized carbons (Fsp3) is 0.812. The largest absolute Gasteiger partial charge is 0.378 e. The van der Waals surface area contributed by atoms with Crippen LogP contribution in [0.4, 0.5) is 0 Å². The third kappa shape index (κ3) is 3.61.